The van der Waals surface area contributed by atoms with Crippen molar-refractivity contribution < 1.29 is 4.79 Å². The molecule has 0 unspecified atom stereocenters. The van der Waals surface area contributed by atoms with E-state index in [1.54, 1.807) is 0 Å². The molecule has 0 fully saturated rings. The van der Waals surface area contributed by atoms with E-state index in [-0.39, 0.29) is 5.91 Å². The first-order valence-electron chi connectivity index (χ1n) is 4.72. The molecule has 0 aliphatic heterocycles. The van der Waals surface area contributed by atoms with E-state index >= 15 is 0 Å². The Labute approximate surface area is 109 Å². The topological polar surface area (TPSA) is 29.1 Å². The fraction of sp³-hybridized carbons (Fsp3) is 0.364. The van der Waals surface area contributed by atoms with Gasteiger partial charge >= 0.3 is 0 Å². The van der Waals surface area contributed by atoms with Crippen LogP contribution in [0, 0.1) is 17.4 Å². The molecule has 0 spiro atoms. The van der Waals surface area contributed by atoms with Crippen LogP contribution >= 0.6 is 35.2 Å². The summed E-state index contributed by atoms with van der Waals surface area (Å²) in [6.07, 6.45) is 0.451. The van der Waals surface area contributed by atoms with Crippen LogP contribution in [0.25, 0.3) is 0 Å². The van der Waals surface area contributed by atoms with Crippen molar-refractivity contribution in [3.63, 3.8) is 0 Å². The lowest BCUT2D eigenvalue weighted by atomic mass is 10.1. The SMILES string of the molecule is Cc1cc(NC(=O)CCS)cc(I)c1C. The van der Waals surface area contributed by atoms with E-state index in [1.807, 2.05) is 19.1 Å². The lowest BCUT2D eigenvalue weighted by Gasteiger charge is -2.09. The Bertz CT molecular complexity index is 356. The Morgan fingerprint density at radius 2 is 2.13 bits per heavy atom. The van der Waals surface area contributed by atoms with Gasteiger partial charge in [0.1, 0.15) is 0 Å². The molecule has 4 heteroatoms. The van der Waals surface area contributed by atoms with Gasteiger partial charge in [-0.15, -0.1) is 0 Å². The summed E-state index contributed by atoms with van der Waals surface area (Å²) < 4.78 is 1.17. The molecule has 0 saturated carbocycles. The van der Waals surface area contributed by atoms with Gasteiger partial charge in [0.25, 0.3) is 0 Å². The third-order valence-corrected chi connectivity index (χ3v) is 3.57. The van der Waals surface area contributed by atoms with Gasteiger partial charge in [-0.25, -0.2) is 0 Å². The molecule has 0 bridgehead atoms. The highest BCUT2D eigenvalue weighted by molar-refractivity contribution is 14.1. The van der Waals surface area contributed by atoms with Crippen molar-refractivity contribution in [3.8, 4) is 0 Å². The maximum atomic E-state index is 11.4. The molecule has 1 aromatic rings. The summed E-state index contributed by atoms with van der Waals surface area (Å²) in [6, 6.07) is 3.98. The molecule has 1 amide bonds. The zero-order chi connectivity index (χ0) is 11.4. The number of aryl methyl sites for hydroxylation is 1. The summed E-state index contributed by atoms with van der Waals surface area (Å²) in [5.41, 5.74) is 3.33. The van der Waals surface area contributed by atoms with Crippen LogP contribution in [-0.2, 0) is 4.79 Å². The van der Waals surface area contributed by atoms with Crippen LogP contribution in [0.2, 0.25) is 0 Å². The summed E-state index contributed by atoms with van der Waals surface area (Å²) in [7, 11) is 0. The van der Waals surface area contributed by atoms with Gasteiger partial charge in [-0.2, -0.15) is 12.6 Å². The van der Waals surface area contributed by atoms with Gasteiger partial charge in [-0.3, -0.25) is 4.79 Å². The molecule has 0 aliphatic carbocycles. The van der Waals surface area contributed by atoms with Crippen molar-refractivity contribution in [2.75, 3.05) is 11.1 Å². The molecule has 0 atom stereocenters. The van der Waals surface area contributed by atoms with Crippen molar-refractivity contribution in [2.45, 2.75) is 20.3 Å². The summed E-state index contributed by atoms with van der Waals surface area (Å²) in [6.45, 7) is 4.13. The zero-order valence-electron chi connectivity index (χ0n) is 8.80. The zero-order valence-corrected chi connectivity index (χ0v) is 11.9. The third kappa shape index (κ3) is 3.68. The number of carbonyl (C=O) groups excluding carboxylic acids is 1. The van der Waals surface area contributed by atoms with Crippen molar-refractivity contribution in [3.05, 3.63) is 26.8 Å². The lowest BCUT2D eigenvalue weighted by molar-refractivity contribution is -0.115. The van der Waals surface area contributed by atoms with E-state index in [2.05, 4.69) is 47.5 Å². The standard InChI is InChI=1S/C11H14INOS/c1-7-5-9(6-10(12)8(7)2)13-11(14)3-4-15/h5-6,15H,3-4H2,1-2H3,(H,13,14). The molecular formula is C11H14INOS. The summed E-state index contributed by atoms with van der Waals surface area (Å²) in [4.78, 5) is 11.4. The highest BCUT2D eigenvalue weighted by Gasteiger charge is 2.04. The number of benzene rings is 1. The fourth-order valence-corrected chi connectivity index (χ4v) is 2.18. The molecule has 0 heterocycles. The minimum absolute atomic E-state index is 0.0176. The normalized spacial score (nSPS) is 10.1. The third-order valence-electron chi connectivity index (χ3n) is 2.23. The number of rotatable bonds is 3. The Hall–Kier alpha value is -0.230. The molecule has 0 radical (unpaired) electrons. The van der Waals surface area contributed by atoms with Gasteiger partial charge in [0.05, 0.1) is 0 Å². The second kappa shape index (κ2) is 5.75. The van der Waals surface area contributed by atoms with Gasteiger partial charge in [0, 0.05) is 15.7 Å². The second-order valence-electron chi connectivity index (χ2n) is 3.42. The smallest absolute Gasteiger partial charge is 0.225 e. The lowest BCUT2D eigenvalue weighted by Crippen LogP contribution is -2.12. The van der Waals surface area contributed by atoms with Gasteiger partial charge < -0.3 is 5.32 Å². The first-order valence-corrected chi connectivity index (χ1v) is 6.43. The molecule has 0 saturated heterocycles. The molecule has 0 aromatic heterocycles. The molecular weight excluding hydrogens is 321 g/mol. The monoisotopic (exact) mass is 335 g/mol. The number of hydrogen-bond acceptors (Lipinski definition) is 2. The van der Waals surface area contributed by atoms with E-state index in [4.69, 9.17) is 0 Å². The van der Waals surface area contributed by atoms with E-state index < -0.39 is 0 Å². The van der Waals surface area contributed by atoms with Gasteiger partial charge in [-0.05, 0) is 65.5 Å². The van der Waals surface area contributed by atoms with E-state index in [1.165, 1.54) is 14.7 Å². The van der Waals surface area contributed by atoms with Crippen LogP contribution < -0.4 is 5.32 Å². The molecule has 1 N–H and O–H groups in total. The highest BCUT2D eigenvalue weighted by Crippen LogP contribution is 2.21. The predicted octanol–water partition coefficient (Wildman–Crippen LogP) is 3.17. The Morgan fingerprint density at radius 1 is 1.47 bits per heavy atom. The summed E-state index contributed by atoms with van der Waals surface area (Å²) >= 11 is 6.30. The summed E-state index contributed by atoms with van der Waals surface area (Å²) in [5.74, 6) is 0.595. The number of halogens is 1. The number of carbonyl (C=O) groups is 1. The number of anilines is 1. The minimum atomic E-state index is 0.0176. The van der Waals surface area contributed by atoms with Crippen LogP contribution in [-0.4, -0.2) is 11.7 Å². The molecule has 2 nitrogen and oxygen atoms in total. The Morgan fingerprint density at radius 3 is 2.67 bits per heavy atom. The fourth-order valence-electron chi connectivity index (χ4n) is 1.21. The first-order chi connectivity index (χ1) is 7.04. The highest BCUT2D eigenvalue weighted by atomic mass is 127. The van der Waals surface area contributed by atoms with Gasteiger partial charge in [-0.1, -0.05) is 0 Å². The average molecular weight is 335 g/mol. The van der Waals surface area contributed by atoms with Crippen LogP contribution in [0.3, 0.4) is 0 Å². The number of amides is 1. The quantitative estimate of drug-likeness (QED) is 0.645. The summed E-state index contributed by atoms with van der Waals surface area (Å²) in [5, 5.41) is 2.86. The van der Waals surface area contributed by atoms with Crippen LogP contribution in [0.4, 0.5) is 5.69 Å². The molecule has 82 valence electrons. The van der Waals surface area contributed by atoms with Gasteiger partial charge in [0.15, 0.2) is 0 Å². The van der Waals surface area contributed by atoms with Gasteiger partial charge in [0.2, 0.25) is 5.91 Å². The molecule has 1 rings (SSSR count). The van der Waals surface area contributed by atoms with E-state index in [0.29, 0.717) is 12.2 Å². The first kappa shape index (κ1) is 12.8. The maximum absolute atomic E-state index is 11.4. The average Bonchev–Trinajstić information content (AvgIpc) is 2.14. The van der Waals surface area contributed by atoms with Crippen LogP contribution in [0.1, 0.15) is 17.5 Å². The predicted molar refractivity (Wildman–Crippen MR) is 75.7 cm³/mol. The van der Waals surface area contributed by atoms with Crippen LogP contribution in [0.15, 0.2) is 12.1 Å². The Kier molecular flexibility index (Phi) is 4.92. The molecule has 15 heavy (non-hydrogen) atoms. The van der Waals surface area contributed by atoms with E-state index in [9.17, 15) is 4.79 Å². The number of thiol groups is 1. The van der Waals surface area contributed by atoms with Crippen LogP contribution in [0.5, 0.6) is 0 Å². The van der Waals surface area contributed by atoms with Crippen molar-refractivity contribution in [1.82, 2.24) is 0 Å². The minimum Gasteiger partial charge on any atom is -0.326 e. The second-order valence-corrected chi connectivity index (χ2v) is 5.03. The number of nitrogens with one attached hydrogen (secondary N) is 1. The van der Waals surface area contributed by atoms with E-state index in [0.717, 1.165) is 5.69 Å². The molecule has 0 aliphatic rings. The van der Waals surface area contributed by atoms with Crippen molar-refractivity contribution in [2.24, 2.45) is 0 Å². The Balaban J connectivity index is 2.83. The molecule has 1 aromatic carbocycles. The largest absolute Gasteiger partial charge is 0.326 e. The van der Waals surface area contributed by atoms with Crippen molar-refractivity contribution >= 4 is 46.8 Å². The maximum Gasteiger partial charge on any atom is 0.225 e. The number of hydrogen-bond donors (Lipinski definition) is 2. The van der Waals surface area contributed by atoms with Crippen molar-refractivity contribution in [1.29, 1.82) is 0 Å².